The first-order valence-electron chi connectivity index (χ1n) is 10.3. The maximum atomic E-state index is 13.5. The van der Waals surface area contributed by atoms with E-state index < -0.39 is 11.7 Å². The van der Waals surface area contributed by atoms with Gasteiger partial charge >= 0.3 is 6.09 Å². The molecule has 0 saturated carbocycles. The minimum Gasteiger partial charge on any atom is -0.493 e. The summed E-state index contributed by atoms with van der Waals surface area (Å²) < 4.78 is 18.5. The Morgan fingerprint density at radius 3 is 2.42 bits per heavy atom. The number of amides is 1. The number of ether oxygens (including phenoxy) is 3. The average molecular weight is 469 g/mol. The first-order chi connectivity index (χ1) is 15.6. The molecule has 0 aliphatic heterocycles. The SMILES string of the molecule is COc1cc2nc(N(C(=O)OC(C)(C)C)c3c(C)cccc3Cl)c3cncn3c2cc1OC. The maximum Gasteiger partial charge on any atom is 0.420 e. The molecule has 0 N–H and O–H groups in total. The minimum absolute atomic E-state index is 0.331. The molecule has 9 heteroatoms. The lowest BCUT2D eigenvalue weighted by molar-refractivity contribution is 0.0598. The number of anilines is 2. The topological polar surface area (TPSA) is 78.2 Å². The normalized spacial score (nSPS) is 11.6. The van der Waals surface area contributed by atoms with E-state index in [1.54, 1.807) is 38.9 Å². The molecule has 0 saturated heterocycles. The molecule has 33 heavy (non-hydrogen) atoms. The number of hydrogen-bond acceptors (Lipinski definition) is 6. The monoisotopic (exact) mass is 468 g/mol. The number of rotatable bonds is 4. The zero-order chi connectivity index (χ0) is 23.9. The van der Waals surface area contributed by atoms with Crippen LogP contribution in [0, 0.1) is 6.92 Å². The molecule has 2 aromatic heterocycles. The molecule has 1 amide bonds. The van der Waals surface area contributed by atoms with Crippen molar-refractivity contribution in [3.63, 3.8) is 0 Å². The second-order valence-corrected chi connectivity index (χ2v) is 8.91. The molecule has 0 radical (unpaired) electrons. The van der Waals surface area contributed by atoms with Gasteiger partial charge in [-0.2, -0.15) is 0 Å². The van der Waals surface area contributed by atoms with Gasteiger partial charge < -0.3 is 14.2 Å². The van der Waals surface area contributed by atoms with Gasteiger partial charge in [0.25, 0.3) is 0 Å². The number of aryl methyl sites for hydroxylation is 1. The van der Waals surface area contributed by atoms with Gasteiger partial charge in [-0.25, -0.2) is 19.7 Å². The quantitative estimate of drug-likeness (QED) is 0.369. The fraction of sp³-hybridized carbons (Fsp3) is 0.292. The van der Waals surface area contributed by atoms with E-state index in [-0.39, 0.29) is 0 Å². The van der Waals surface area contributed by atoms with Gasteiger partial charge in [0.2, 0.25) is 0 Å². The Morgan fingerprint density at radius 1 is 1.09 bits per heavy atom. The van der Waals surface area contributed by atoms with Gasteiger partial charge in [-0.05, 0) is 39.3 Å². The Hall–Kier alpha value is -3.52. The Morgan fingerprint density at radius 2 is 1.79 bits per heavy atom. The van der Waals surface area contributed by atoms with Crippen LogP contribution in [-0.4, -0.2) is 40.3 Å². The smallest absolute Gasteiger partial charge is 0.420 e. The van der Waals surface area contributed by atoms with E-state index in [4.69, 9.17) is 30.8 Å². The second-order valence-electron chi connectivity index (χ2n) is 8.50. The summed E-state index contributed by atoms with van der Waals surface area (Å²) in [5, 5.41) is 0.396. The molecule has 4 rings (SSSR count). The van der Waals surface area contributed by atoms with Gasteiger partial charge in [0, 0.05) is 12.1 Å². The summed E-state index contributed by atoms with van der Waals surface area (Å²) >= 11 is 6.58. The van der Waals surface area contributed by atoms with Crippen LogP contribution in [0.4, 0.5) is 16.3 Å². The van der Waals surface area contributed by atoms with Crippen molar-refractivity contribution in [2.24, 2.45) is 0 Å². The number of carbonyl (C=O) groups excluding carboxylic acids is 1. The third-order valence-corrected chi connectivity index (χ3v) is 5.34. The Labute approximate surface area is 196 Å². The van der Waals surface area contributed by atoms with E-state index in [1.807, 2.05) is 50.3 Å². The Kier molecular flexibility index (Phi) is 5.80. The molecular weight excluding hydrogens is 444 g/mol. The van der Waals surface area contributed by atoms with Crippen molar-refractivity contribution in [1.29, 1.82) is 0 Å². The zero-order valence-corrected chi connectivity index (χ0v) is 20.1. The van der Waals surface area contributed by atoms with E-state index in [0.717, 1.165) is 11.1 Å². The predicted molar refractivity (Wildman–Crippen MR) is 128 cm³/mol. The predicted octanol–water partition coefficient (Wildman–Crippen LogP) is 5.93. The molecule has 0 aliphatic rings. The van der Waals surface area contributed by atoms with E-state index >= 15 is 0 Å². The van der Waals surface area contributed by atoms with Crippen LogP contribution in [0.1, 0.15) is 26.3 Å². The highest BCUT2D eigenvalue weighted by Gasteiger charge is 2.31. The lowest BCUT2D eigenvalue weighted by Crippen LogP contribution is -2.35. The van der Waals surface area contributed by atoms with Crippen LogP contribution in [0.15, 0.2) is 42.9 Å². The van der Waals surface area contributed by atoms with Gasteiger partial charge in [-0.3, -0.25) is 4.40 Å². The van der Waals surface area contributed by atoms with Gasteiger partial charge in [0.15, 0.2) is 17.3 Å². The van der Waals surface area contributed by atoms with Crippen molar-refractivity contribution in [2.75, 3.05) is 19.1 Å². The summed E-state index contributed by atoms with van der Waals surface area (Å²) in [6.07, 6.45) is 2.69. The van der Waals surface area contributed by atoms with Gasteiger partial charge in [0.1, 0.15) is 11.1 Å². The van der Waals surface area contributed by atoms with Crippen molar-refractivity contribution in [2.45, 2.75) is 33.3 Å². The van der Waals surface area contributed by atoms with E-state index in [0.29, 0.717) is 39.1 Å². The first-order valence-corrected chi connectivity index (χ1v) is 10.7. The van der Waals surface area contributed by atoms with Crippen LogP contribution in [0.3, 0.4) is 0 Å². The summed E-state index contributed by atoms with van der Waals surface area (Å²) in [6.45, 7) is 7.30. The summed E-state index contributed by atoms with van der Waals surface area (Å²) in [5.41, 5.74) is 2.47. The maximum absolute atomic E-state index is 13.5. The van der Waals surface area contributed by atoms with Gasteiger partial charge in [-0.1, -0.05) is 23.7 Å². The van der Waals surface area contributed by atoms with Crippen molar-refractivity contribution >= 4 is 45.7 Å². The number of methoxy groups -OCH3 is 2. The number of hydrogen-bond donors (Lipinski definition) is 0. The largest absolute Gasteiger partial charge is 0.493 e. The van der Waals surface area contributed by atoms with Crippen LogP contribution < -0.4 is 14.4 Å². The molecule has 2 heterocycles. The highest BCUT2D eigenvalue weighted by molar-refractivity contribution is 6.34. The Bertz CT molecular complexity index is 1340. The number of aromatic nitrogens is 3. The van der Waals surface area contributed by atoms with Crippen LogP contribution >= 0.6 is 11.6 Å². The summed E-state index contributed by atoms with van der Waals surface area (Å²) in [6, 6.07) is 9.00. The van der Waals surface area contributed by atoms with Crippen LogP contribution in [-0.2, 0) is 4.74 Å². The molecule has 0 aliphatic carbocycles. The highest BCUT2D eigenvalue weighted by Crippen LogP contribution is 2.39. The van der Waals surface area contributed by atoms with E-state index in [1.165, 1.54) is 4.90 Å². The lowest BCUT2D eigenvalue weighted by Gasteiger charge is -2.29. The summed E-state index contributed by atoms with van der Waals surface area (Å²) in [5.74, 6) is 1.40. The van der Waals surface area contributed by atoms with E-state index in [2.05, 4.69) is 4.98 Å². The summed E-state index contributed by atoms with van der Waals surface area (Å²) in [7, 11) is 3.13. The molecule has 8 nitrogen and oxygen atoms in total. The molecule has 2 aromatic carbocycles. The molecule has 0 atom stereocenters. The molecule has 0 unspecified atom stereocenters. The van der Waals surface area contributed by atoms with Gasteiger partial charge in [0.05, 0.1) is 48.5 Å². The van der Waals surface area contributed by atoms with Crippen molar-refractivity contribution in [1.82, 2.24) is 14.4 Å². The van der Waals surface area contributed by atoms with E-state index in [9.17, 15) is 4.79 Å². The first kappa shape index (κ1) is 22.7. The molecule has 0 fully saturated rings. The van der Waals surface area contributed by atoms with Crippen LogP contribution in [0.5, 0.6) is 11.5 Å². The standard InChI is InChI=1S/C24H25ClN4O4/c1-14-8-7-9-15(25)21(14)29(23(30)33-24(2,3)4)22-18-12-26-13-28(18)17-11-20(32-6)19(31-5)10-16(17)27-22/h7-13H,1-6H3. The molecule has 0 bridgehead atoms. The minimum atomic E-state index is -0.728. The molecule has 172 valence electrons. The Balaban J connectivity index is 2.06. The van der Waals surface area contributed by atoms with Crippen molar-refractivity contribution < 1.29 is 19.0 Å². The number of para-hydroxylation sites is 1. The summed E-state index contributed by atoms with van der Waals surface area (Å²) in [4.78, 5) is 24.1. The third-order valence-electron chi connectivity index (χ3n) is 5.03. The fourth-order valence-electron chi connectivity index (χ4n) is 3.63. The molecular formula is C24H25ClN4O4. The third kappa shape index (κ3) is 4.14. The fourth-order valence-corrected chi connectivity index (χ4v) is 3.93. The zero-order valence-electron chi connectivity index (χ0n) is 19.3. The number of halogens is 1. The highest BCUT2D eigenvalue weighted by atomic mass is 35.5. The second kappa shape index (κ2) is 8.44. The number of benzene rings is 2. The molecule has 4 aromatic rings. The van der Waals surface area contributed by atoms with Gasteiger partial charge in [-0.15, -0.1) is 0 Å². The van der Waals surface area contributed by atoms with Crippen LogP contribution in [0.2, 0.25) is 5.02 Å². The molecule has 0 spiro atoms. The van der Waals surface area contributed by atoms with Crippen molar-refractivity contribution in [3.05, 3.63) is 53.4 Å². The number of nitrogens with zero attached hydrogens (tertiary/aromatic N) is 4. The van der Waals surface area contributed by atoms with Crippen molar-refractivity contribution in [3.8, 4) is 11.5 Å². The average Bonchev–Trinajstić information content (AvgIpc) is 3.24. The number of carbonyl (C=O) groups is 1. The lowest BCUT2D eigenvalue weighted by atomic mass is 10.1. The number of imidazole rings is 1. The number of fused-ring (bicyclic) bond motifs is 3. The van der Waals surface area contributed by atoms with Crippen LogP contribution in [0.25, 0.3) is 16.6 Å².